The highest BCUT2D eigenvalue weighted by Crippen LogP contribution is 2.31. The van der Waals surface area contributed by atoms with E-state index in [1.165, 1.54) is 24.9 Å². The fraction of sp³-hybridized carbons (Fsp3) is 0.133. The minimum atomic E-state index is -3.18. The smallest absolute Gasteiger partial charge is 0.175 e. The second-order valence-corrected chi connectivity index (χ2v) is 8.11. The minimum absolute atomic E-state index is 0.0749. The Hall–Kier alpha value is -1.30. The fourth-order valence-electron chi connectivity index (χ4n) is 1.74. The Morgan fingerprint density at radius 1 is 1.05 bits per heavy atom. The van der Waals surface area contributed by atoms with Gasteiger partial charge in [0, 0.05) is 21.6 Å². The first-order chi connectivity index (χ1) is 9.77. The lowest BCUT2D eigenvalue weighted by Crippen LogP contribution is -1.96. The van der Waals surface area contributed by atoms with E-state index < -0.39 is 9.84 Å². The van der Waals surface area contributed by atoms with E-state index in [2.05, 4.69) is 0 Å². The van der Waals surface area contributed by atoms with Gasteiger partial charge in [-0.25, -0.2) is 8.42 Å². The first kappa shape index (κ1) is 16.1. The van der Waals surface area contributed by atoms with E-state index in [9.17, 15) is 13.2 Å². The number of carbonyl (C=O) groups excluding carboxylic acids is 1. The van der Waals surface area contributed by atoms with E-state index in [-0.39, 0.29) is 10.7 Å². The van der Waals surface area contributed by atoms with Gasteiger partial charge in [-0.05, 0) is 49.4 Å². The molecule has 0 amide bonds. The van der Waals surface area contributed by atoms with E-state index >= 15 is 0 Å². The van der Waals surface area contributed by atoms with Crippen LogP contribution in [0.1, 0.15) is 17.3 Å². The predicted molar refractivity (Wildman–Crippen MR) is 85.1 cm³/mol. The largest absolute Gasteiger partial charge is 0.294 e. The second-order valence-electron chi connectivity index (χ2n) is 4.54. The third-order valence-electron chi connectivity index (χ3n) is 2.81. The van der Waals surface area contributed by atoms with Gasteiger partial charge in [0.2, 0.25) is 0 Å². The van der Waals surface area contributed by atoms with Gasteiger partial charge < -0.3 is 0 Å². The fourth-order valence-corrected chi connectivity index (χ4v) is 3.60. The van der Waals surface area contributed by atoms with E-state index in [1.807, 2.05) is 6.07 Å². The zero-order valence-corrected chi connectivity index (χ0v) is 13.8. The molecule has 0 aliphatic carbocycles. The predicted octanol–water partition coefficient (Wildman–Crippen LogP) is 4.10. The molecule has 2 aromatic rings. The van der Waals surface area contributed by atoms with Crippen molar-refractivity contribution in [1.29, 1.82) is 0 Å². The third-order valence-corrected chi connectivity index (χ3v) is 5.25. The third kappa shape index (κ3) is 4.09. The van der Waals surface area contributed by atoms with Crippen LogP contribution in [0.2, 0.25) is 5.02 Å². The van der Waals surface area contributed by atoms with E-state index in [0.29, 0.717) is 10.6 Å². The molecule has 0 unspecified atom stereocenters. The van der Waals surface area contributed by atoms with Crippen molar-refractivity contribution in [1.82, 2.24) is 0 Å². The molecule has 6 heteroatoms. The molecule has 0 saturated carbocycles. The number of halogens is 1. The highest BCUT2D eigenvalue weighted by Gasteiger charge is 2.09. The molecule has 2 rings (SSSR count). The van der Waals surface area contributed by atoms with Gasteiger partial charge in [-0.15, -0.1) is 0 Å². The second kappa shape index (κ2) is 6.22. The van der Waals surface area contributed by atoms with Gasteiger partial charge in [-0.1, -0.05) is 23.4 Å². The Balaban J connectivity index is 2.23. The van der Waals surface area contributed by atoms with Crippen molar-refractivity contribution in [3.63, 3.8) is 0 Å². The summed E-state index contributed by atoms with van der Waals surface area (Å²) in [7, 11) is -3.18. The molecule has 0 heterocycles. The summed E-state index contributed by atoms with van der Waals surface area (Å²) >= 11 is 7.51. The van der Waals surface area contributed by atoms with Crippen molar-refractivity contribution in [3.8, 4) is 0 Å². The summed E-state index contributed by atoms with van der Waals surface area (Å²) in [6.45, 7) is 1.47. The normalized spacial score (nSPS) is 11.4. The lowest BCUT2D eigenvalue weighted by atomic mass is 10.1. The number of sulfone groups is 1. The lowest BCUT2D eigenvalue weighted by Gasteiger charge is -2.06. The van der Waals surface area contributed by atoms with Crippen LogP contribution in [0.4, 0.5) is 0 Å². The lowest BCUT2D eigenvalue weighted by molar-refractivity contribution is 0.101. The Bertz CT molecular complexity index is 781. The van der Waals surface area contributed by atoms with Crippen molar-refractivity contribution in [3.05, 3.63) is 53.1 Å². The van der Waals surface area contributed by atoms with E-state index in [1.54, 1.807) is 36.4 Å². The van der Waals surface area contributed by atoms with Crippen LogP contribution in [-0.4, -0.2) is 20.5 Å². The zero-order chi connectivity index (χ0) is 15.6. The van der Waals surface area contributed by atoms with Crippen LogP contribution in [0.15, 0.2) is 57.2 Å². The van der Waals surface area contributed by atoms with Crippen LogP contribution in [0.5, 0.6) is 0 Å². The number of Topliss-reactive ketones (excluding diaryl/α,β-unsaturated/α-hetero) is 1. The molecular weight excluding hydrogens is 328 g/mol. The highest BCUT2D eigenvalue weighted by atomic mass is 35.5. The topological polar surface area (TPSA) is 51.2 Å². The molecule has 2 aromatic carbocycles. The molecule has 0 radical (unpaired) electrons. The first-order valence-electron chi connectivity index (χ1n) is 6.06. The summed E-state index contributed by atoms with van der Waals surface area (Å²) in [5, 5.41) is 0.417. The minimum Gasteiger partial charge on any atom is -0.294 e. The molecule has 21 heavy (non-hydrogen) atoms. The molecule has 0 bridgehead atoms. The molecule has 0 aromatic heterocycles. The van der Waals surface area contributed by atoms with Gasteiger partial charge in [0.15, 0.2) is 15.6 Å². The van der Waals surface area contributed by atoms with E-state index in [4.69, 9.17) is 11.6 Å². The molecule has 110 valence electrons. The van der Waals surface area contributed by atoms with Gasteiger partial charge in [-0.3, -0.25) is 4.79 Å². The van der Waals surface area contributed by atoms with Gasteiger partial charge in [0.1, 0.15) is 0 Å². The Kier molecular flexibility index (Phi) is 4.76. The summed E-state index contributed by atoms with van der Waals surface area (Å²) in [4.78, 5) is 13.4. The summed E-state index contributed by atoms with van der Waals surface area (Å²) in [6.07, 6.45) is 1.18. The van der Waals surface area contributed by atoms with Crippen molar-refractivity contribution >= 4 is 39.0 Å². The maximum atomic E-state index is 11.4. The van der Waals surface area contributed by atoms with Crippen molar-refractivity contribution < 1.29 is 13.2 Å². The van der Waals surface area contributed by atoms with Crippen LogP contribution < -0.4 is 0 Å². The SMILES string of the molecule is CC(=O)c1ccc(Sc2ccc(S(C)(=O)=O)cc2)cc1Cl. The molecule has 0 N–H and O–H groups in total. The van der Waals surface area contributed by atoms with Crippen molar-refractivity contribution in [2.75, 3.05) is 6.26 Å². The Morgan fingerprint density at radius 3 is 2.10 bits per heavy atom. The van der Waals surface area contributed by atoms with Crippen LogP contribution in [-0.2, 0) is 9.84 Å². The first-order valence-corrected chi connectivity index (χ1v) is 9.14. The monoisotopic (exact) mass is 340 g/mol. The van der Waals surface area contributed by atoms with Gasteiger partial charge in [0.05, 0.1) is 9.92 Å². The molecule has 0 aliphatic heterocycles. The zero-order valence-electron chi connectivity index (χ0n) is 11.5. The molecule has 3 nitrogen and oxygen atoms in total. The van der Waals surface area contributed by atoms with Crippen LogP contribution in [0.25, 0.3) is 0 Å². The maximum absolute atomic E-state index is 11.4. The Labute approximate surface area is 133 Å². The van der Waals surface area contributed by atoms with Crippen LogP contribution in [0.3, 0.4) is 0 Å². The highest BCUT2D eigenvalue weighted by molar-refractivity contribution is 7.99. The summed E-state index contributed by atoms with van der Waals surface area (Å²) in [6, 6.07) is 11.9. The number of hydrogen-bond donors (Lipinski definition) is 0. The number of carbonyl (C=O) groups is 1. The average Bonchev–Trinajstić information content (AvgIpc) is 2.38. The van der Waals surface area contributed by atoms with Crippen molar-refractivity contribution in [2.24, 2.45) is 0 Å². The number of rotatable bonds is 4. The molecule has 0 atom stereocenters. The summed E-state index contributed by atoms with van der Waals surface area (Å²) < 4.78 is 22.8. The summed E-state index contributed by atoms with van der Waals surface area (Å²) in [5.41, 5.74) is 0.494. The maximum Gasteiger partial charge on any atom is 0.175 e. The Morgan fingerprint density at radius 2 is 1.62 bits per heavy atom. The summed E-state index contributed by atoms with van der Waals surface area (Å²) in [5.74, 6) is -0.0749. The number of ketones is 1. The molecule has 0 fully saturated rings. The standard InChI is InChI=1S/C15H13ClO3S2/c1-10(17)14-8-5-12(9-15(14)16)20-11-3-6-13(7-4-11)21(2,18)19/h3-9H,1-2H3. The van der Waals surface area contributed by atoms with Gasteiger partial charge >= 0.3 is 0 Å². The van der Waals surface area contributed by atoms with E-state index in [0.717, 1.165) is 9.79 Å². The molecule has 0 aliphatic rings. The van der Waals surface area contributed by atoms with Crippen molar-refractivity contribution in [2.45, 2.75) is 21.6 Å². The van der Waals surface area contributed by atoms with Gasteiger partial charge in [-0.2, -0.15) is 0 Å². The number of hydrogen-bond acceptors (Lipinski definition) is 4. The molecule has 0 spiro atoms. The number of benzene rings is 2. The van der Waals surface area contributed by atoms with Crippen LogP contribution >= 0.6 is 23.4 Å². The van der Waals surface area contributed by atoms with Gasteiger partial charge in [0.25, 0.3) is 0 Å². The molecule has 0 saturated heterocycles. The van der Waals surface area contributed by atoms with Crippen LogP contribution in [0, 0.1) is 0 Å². The quantitative estimate of drug-likeness (QED) is 0.786. The molecular formula is C15H13ClO3S2. The average molecular weight is 341 g/mol.